The predicted molar refractivity (Wildman–Crippen MR) is 84.3 cm³/mol. The molecule has 0 aliphatic rings. The van der Waals surface area contributed by atoms with Gasteiger partial charge < -0.3 is 14.5 Å². The fourth-order valence-corrected chi connectivity index (χ4v) is 1.77. The van der Waals surface area contributed by atoms with E-state index in [9.17, 15) is 14.4 Å². The highest BCUT2D eigenvalue weighted by Gasteiger charge is 2.10. The first-order valence-electron chi connectivity index (χ1n) is 7.22. The summed E-state index contributed by atoms with van der Waals surface area (Å²) in [4.78, 5) is 35.1. The largest absolute Gasteiger partial charge is 0.494 e. The van der Waals surface area contributed by atoms with Crippen LogP contribution >= 0.6 is 0 Å². The van der Waals surface area contributed by atoms with Gasteiger partial charge >= 0.3 is 0 Å². The second kappa shape index (κ2) is 8.37. The summed E-state index contributed by atoms with van der Waals surface area (Å²) in [5.74, 6) is -0.838. The third kappa shape index (κ3) is 4.87. The zero-order chi connectivity index (χ0) is 17.4. The summed E-state index contributed by atoms with van der Waals surface area (Å²) in [7, 11) is 0. The van der Waals surface area contributed by atoms with Crippen LogP contribution in [0.5, 0.6) is 5.75 Å². The molecule has 0 aliphatic heterocycles. The SMILES string of the molecule is CCOc1ccc(C(=O)NNC(=O)CNC(=O)c2ccoc2)cc1. The van der Waals surface area contributed by atoms with Gasteiger partial charge in [-0.15, -0.1) is 0 Å². The maximum atomic E-state index is 11.9. The number of hydrogen-bond donors (Lipinski definition) is 3. The second-order valence-electron chi connectivity index (χ2n) is 4.65. The van der Waals surface area contributed by atoms with Crippen molar-refractivity contribution in [3.8, 4) is 5.75 Å². The van der Waals surface area contributed by atoms with Crippen molar-refractivity contribution in [3.63, 3.8) is 0 Å². The predicted octanol–water partition coefficient (Wildman–Crippen LogP) is 0.869. The van der Waals surface area contributed by atoms with Crippen molar-refractivity contribution in [2.24, 2.45) is 0 Å². The van der Waals surface area contributed by atoms with E-state index in [4.69, 9.17) is 9.15 Å². The summed E-state index contributed by atoms with van der Waals surface area (Å²) >= 11 is 0. The van der Waals surface area contributed by atoms with E-state index in [2.05, 4.69) is 16.2 Å². The van der Waals surface area contributed by atoms with Gasteiger partial charge in [0.15, 0.2) is 0 Å². The molecule has 0 saturated heterocycles. The minimum absolute atomic E-state index is 0.284. The van der Waals surface area contributed by atoms with Gasteiger partial charge in [0, 0.05) is 5.56 Å². The molecule has 0 fully saturated rings. The van der Waals surface area contributed by atoms with Crippen molar-refractivity contribution in [1.29, 1.82) is 0 Å². The van der Waals surface area contributed by atoms with Crippen LogP contribution in [0.2, 0.25) is 0 Å². The van der Waals surface area contributed by atoms with E-state index in [0.717, 1.165) is 0 Å². The lowest BCUT2D eigenvalue weighted by Crippen LogP contribution is -2.46. The number of hydrogen-bond acceptors (Lipinski definition) is 5. The number of nitrogens with one attached hydrogen (secondary N) is 3. The summed E-state index contributed by atoms with van der Waals surface area (Å²) in [6.45, 7) is 2.11. The number of amides is 3. The zero-order valence-corrected chi connectivity index (χ0v) is 13.0. The molecule has 3 N–H and O–H groups in total. The smallest absolute Gasteiger partial charge is 0.269 e. The molecule has 0 unspecified atom stereocenters. The number of furan rings is 1. The Hall–Kier alpha value is -3.29. The fourth-order valence-electron chi connectivity index (χ4n) is 1.77. The summed E-state index contributed by atoms with van der Waals surface area (Å²) < 4.78 is 10.0. The molecule has 24 heavy (non-hydrogen) atoms. The third-order valence-electron chi connectivity index (χ3n) is 2.94. The van der Waals surface area contributed by atoms with Crippen molar-refractivity contribution >= 4 is 17.7 Å². The van der Waals surface area contributed by atoms with Crippen LogP contribution in [0, 0.1) is 0 Å². The van der Waals surface area contributed by atoms with Crippen LogP contribution in [-0.2, 0) is 4.79 Å². The van der Waals surface area contributed by atoms with E-state index in [1.165, 1.54) is 18.6 Å². The van der Waals surface area contributed by atoms with E-state index in [1.54, 1.807) is 24.3 Å². The number of benzene rings is 1. The molecule has 1 heterocycles. The number of carbonyl (C=O) groups is 3. The maximum absolute atomic E-state index is 11.9. The lowest BCUT2D eigenvalue weighted by Gasteiger charge is -2.08. The van der Waals surface area contributed by atoms with Gasteiger partial charge in [0.25, 0.3) is 17.7 Å². The van der Waals surface area contributed by atoms with E-state index >= 15 is 0 Å². The molecule has 0 aliphatic carbocycles. The normalized spacial score (nSPS) is 9.88. The van der Waals surface area contributed by atoms with Crippen LogP contribution in [-0.4, -0.2) is 30.9 Å². The molecule has 8 nitrogen and oxygen atoms in total. The van der Waals surface area contributed by atoms with Crippen LogP contribution in [0.15, 0.2) is 47.3 Å². The van der Waals surface area contributed by atoms with Gasteiger partial charge in [-0.25, -0.2) is 0 Å². The van der Waals surface area contributed by atoms with E-state index in [1.807, 2.05) is 6.92 Å². The Balaban J connectivity index is 1.74. The van der Waals surface area contributed by atoms with Crippen LogP contribution < -0.4 is 20.9 Å². The first kappa shape index (κ1) is 17.1. The minimum Gasteiger partial charge on any atom is -0.494 e. The van der Waals surface area contributed by atoms with Gasteiger partial charge in [-0.1, -0.05) is 0 Å². The Morgan fingerprint density at radius 2 is 1.75 bits per heavy atom. The van der Waals surface area contributed by atoms with Crippen molar-refractivity contribution in [2.75, 3.05) is 13.2 Å². The molecule has 126 valence electrons. The molecule has 2 rings (SSSR count). The second-order valence-corrected chi connectivity index (χ2v) is 4.65. The highest BCUT2D eigenvalue weighted by Crippen LogP contribution is 2.11. The highest BCUT2D eigenvalue weighted by atomic mass is 16.5. The summed E-state index contributed by atoms with van der Waals surface area (Å²) in [6, 6.07) is 7.94. The van der Waals surface area contributed by atoms with Crippen LogP contribution in [0.25, 0.3) is 0 Å². The molecule has 2 aromatic rings. The average Bonchev–Trinajstić information content (AvgIpc) is 3.13. The summed E-state index contributed by atoms with van der Waals surface area (Å²) in [6.07, 6.45) is 2.62. The first-order chi connectivity index (χ1) is 11.6. The van der Waals surface area contributed by atoms with Gasteiger partial charge in [-0.05, 0) is 37.3 Å². The molecule has 1 aromatic carbocycles. The van der Waals surface area contributed by atoms with E-state index in [-0.39, 0.29) is 6.54 Å². The molecular weight excluding hydrogens is 314 g/mol. The minimum atomic E-state index is -0.564. The zero-order valence-electron chi connectivity index (χ0n) is 13.0. The maximum Gasteiger partial charge on any atom is 0.269 e. The molecule has 0 radical (unpaired) electrons. The van der Waals surface area contributed by atoms with Gasteiger partial charge in [0.2, 0.25) is 0 Å². The Bertz CT molecular complexity index is 695. The molecular formula is C16H17N3O5. The first-order valence-corrected chi connectivity index (χ1v) is 7.22. The van der Waals surface area contributed by atoms with E-state index in [0.29, 0.717) is 23.5 Å². The summed E-state index contributed by atoms with van der Waals surface area (Å²) in [5.41, 5.74) is 5.14. The molecule has 0 atom stereocenters. The van der Waals surface area contributed by atoms with Crippen LogP contribution in [0.1, 0.15) is 27.6 Å². The van der Waals surface area contributed by atoms with Crippen molar-refractivity contribution < 1.29 is 23.5 Å². The quantitative estimate of drug-likeness (QED) is 0.680. The van der Waals surface area contributed by atoms with Gasteiger partial charge in [0.1, 0.15) is 12.0 Å². The molecule has 8 heteroatoms. The molecule has 0 spiro atoms. The topological polar surface area (TPSA) is 110 Å². The van der Waals surface area contributed by atoms with Crippen molar-refractivity contribution in [1.82, 2.24) is 16.2 Å². The Kier molecular flexibility index (Phi) is 5.95. The lowest BCUT2D eigenvalue weighted by atomic mass is 10.2. The highest BCUT2D eigenvalue weighted by molar-refractivity contribution is 5.97. The van der Waals surface area contributed by atoms with Gasteiger partial charge in [-0.3, -0.25) is 25.2 Å². The number of rotatable bonds is 6. The van der Waals surface area contributed by atoms with E-state index < -0.39 is 17.7 Å². The number of hydrazine groups is 1. The number of ether oxygens (including phenoxy) is 1. The van der Waals surface area contributed by atoms with Crippen LogP contribution in [0.3, 0.4) is 0 Å². The Morgan fingerprint density at radius 1 is 1.00 bits per heavy atom. The molecule has 0 saturated carbocycles. The van der Waals surface area contributed by atoms with Crippen molar-refractivity contribution in [2.45, 2.75) is 6.92 Å². The average molecular weight is 331 g/mol. The Labute approximate surface area is 138 Å². The molecule has 1 aromatic heterocycles. The third-order valence-corrected chi connectivity index (χ3v) is 2.94. The Morgan fingerprint density at radius 3 is 2.38 bits per heavy atom. The summed E-state index contributed by atoms with van der Waals surface area (Å²) in [5, 5.41) is 2.39. The fraction of sp³-hybridized carbons (Fsp3) is 0.188. The lowest BCUT2D eigenvalue weighted by molar-refractivity contribution is -0.120. The monoisotopic (exact) mass is 331 g/mol. The molecule has 0 bridgehead atoms. The van der Waals surface area contributed by atoms with Gasteiger partial charge in [-0.2, -0.15) is 0 Å². The molecule has 3 amide bonds. The van der Waals surface area contributed by atoms with Crippen LogP contribution in [0.4, 0.5) is 0 Å². The number of carbonyl (C=O) groups excluding carboxylic acids is 3. The van der Waals surface area contributed by atoms with Gasteiger partial charge in [0.05, 0.1) is 25.0 Å². The van der Waals surface area contributed by atoms with Crippen molar-refractivity contribution in [3.05, 3.63) is 54.0 Å². The standard InChI is InChI=1S/C16H17N3O5/c1-2-24-13-5-3-11(4-6-13)16(22)19-18-14(20)9-17-15(21)12-7-8-23-10-12/h3-8,10H,2,9H2,1H3,(H,17,21)(H,18,20)(H,19,22).